The summed E-state index contributed by atoms with van der Waals surface area (Å²) in [6.45, 7) is 3.01. The molecule has 0 fully saturated rings. The van der Waals surface area contributed by atoms with Crippen molar-refractivity contribution in [2.24, 2.45) is 0 Å². The van der Waals surface area contributed by atoms with Crippen LogP contribution in [0.15, 0.2) is 30.3 Å². The zero-order valence-electron chi connectivity index (χ0n) is 10.6. The number of aromatic nitrogens is 1. The molecule has 0 bridgehead atoms. The van der Waals surface area contributed by atoms with Gasteiger partial charge in [-0.15, -0.1) is 11.3 Å². The van der Waals surface area contributed by atoms with Crippen LogP contribution in [0.2, 0.25) is 0 Å². The second-order valence-corrected chi connectivity index (χ2v) is 6.60. The molecule has 0 aliphatic rings. The van der Waals surface area contributed by atoms with E-state index in [-0.39, 0.29) is 0 Å². The number of nitrogens with zero attached hydrogens (tertiary/aromatic N) is 1. The molecule has 0 aliphatic carbocycles. The van der Waals surface area contributed by atoms with Crippen molar-refractivity contribution in [1.82, 2.24) is 4.98 Å². The molecule has 0 unspecified atom stereocenters. The molecule has 0 saturated carbocycles. The maximum absolute atomic E-state index is 5.78. The van der Waals surface area contributed by atoms with E-state index < -0.39 is 0 Å². The molecule has 2 aromatic heterocycles. The lowest BCUT2D eigenvalue weighted by molar-refractivity contribution is 1.18. The van der Waals surface area contributed by atoms with E-state index in [0.717, 1.165) is 34.0 Å². The maximum atomic E-state index is 5.78. The molecule has 3 nitrogen and oxygen atoms in total. The van der Waals surface area contributed by atoms with Crippen LogP contribution in [0.4, 0.5) is 10.8 Å². The van der Waals surface area contributed by atoms with Crippen LogP contribution >= 0.6 is 22.7 Å². The molecule has 2 heterocycles. The Kier molecular flexibility index (Phi) is 3.40. The van der Waals surface area contributed by atoms with Gasteiger partial charge >= 0.3 is 0 Å². The molecule has 1 aromatic carbocycles. The molecule has 0 saturated heterocycles. The number of fused-ring (bicyclic) bond motifs is 1. The smallest absolute Gasteiger partial charge is 0.184 e. The van der Waals surface area contributed by atoms with Crippen molar-refractivity contribution in [3.63, 3.8) is 0 Å². The molecule has 19 heavy (non-hydrogen) atoms. The predicted molar refractivity (Wildman–Crippen MR) is 85.1 cm³/mol. The van der Waals surface area contributed by atoms with Gasteiger partial charge in [0.05, 0.1) is 16.8 Å². The number of benzene rings is 1. The highest BCUT2D eigenvalue weighted by Crippen LogP contribution is 2.28. The zero-order chi connectivity index (χ0) is 13.2. The molecular weight excluding hydrogens is 274 g/mol. The van der Waals surface area contributed by atoms with Gasteiger partial charge in [-0.05, 0) is 36.8 Å². The van der Waals surface area contributed by atoms with Crippen LogP contribution in [0.3, 0.4) is 0 Å². The first-order valence-electron chi connectivity index (χ1n) is 6.22. The molecule has 98 valence electrons. The van der Waals surface area contributed by atoms with E-state index in [4.69, 9.17) is 5.73 Å². The predicted octanol–water partition coefficient (Wildman–Crippen LogP) is 4.11. The van der Waals surface area contributed by atoms with Crippen LogP contribution in [0.1, 0.15) is 16.7 Å². The van der Waals surface area contributed by atoms with E-state index in [0.29, 0.717) is 0 Å². The third-order valence-corrected chi connectivity index (χ3v) is 5.10. The molecule has 5 heteroatoms. The van der Waals surface area contributed by atoms with Crippen LogP contribution in [0, 0.1) is 0 Å². The second kappa shape index (κ2) is 5.19. The van der Waals surface area contributed by atoms with Crippen molar-refractivity contribution in [2.45, 2.75) is 19.9 Å². The number of thiazole rings is 1. The highest BCUT2D eigenvalue weighted by Gasteiger charge is 2.04. The minimum Gasteiger partial charge on any atom is -0.399 e. The average Bonchev–Trinajstić information content (AvgIpc) is 3.01. The number of hydrogen-bond acceptors (Lipinski definition) is 5. The molecule has 0 radical (unpaired) electrons. The van der Waals surface area contributed by atoms with Gasteiger partial charge in [-0.3, -0.25) is 0 Å². The number of nitrogen functional groups attached to an aromatic ring is 1. The molecule has 3 aromatic rings. The monoisotopic (exact) mass is 289 g/mol. The first-order chi connectivity index (χ1) is 9.24. The first kappa shape index (κ1) is 12.4. The van der Waals surface area contributed by atoms with Crippen molar-refractivity contribution >= 4 is 43.7 Å². The lowest BCUT2D eigenvalue weighted by Gasteiger charge is -1.98. The SMILES string of the molecule is CCc1ccc(CNc2nc3ccc(N)cc3s2)s1. The summed E-state index contributed by atoms with van der Waals surface area (Å²) < 4.78 is 1.13. The van der Waals surface area contributed by atoms with Crippen LogP contribution < -0.4 is 11.1 Å². The van der Waals surface area contributed by atoms with E-state index in [2.05, 4.69) is 29.4 Å². The summed E-state index contributed by atoms with van der Waals surface area (Å²) >= 11 is 3.50. The van der Waals surface area contributed by atoms with Gasteiger partial charge in [0, 0.05) is 15.4 Å². The van der Waals surface area contributed by atoms with Gasteiger partial charge in [-0.2, -0.15) is 0 Å². The largest absolute Gasteiger partial charge is 0.399 e. The third kappa shape index (κ3) is 2.72. The molecule has 0 amide bonds. The van der Waals surface area contributed by atoms with E-state index in [1.54, 1.807) is 11.3 Å². The number of anilines is 2. The number of hydrogen-bond donors (Lipinski definition) is 2. The van der Waals surface area contributed by atoms with Gasteiger partial charge in [-0.25, -0.2) is 4.98 Å². The fourth-order valence-electron chi connectivity index (χ4n) is 1.89. The molecule has 3 N–H and O–H groups in total. The Morgan fingerprint density at radius 1 is 1.16 bits per heavy atom. The number of thiophene rings is 1. The van der Waals surface area contributed by atoms with Crippen molar-refractivity contribution in [1.29, 1.82) is 0 Å². The summed E-state index contributed by atoms with van der Waals surface area (Å²) in [7, 11) is 0. The Morgan fingerprint density at radius 2 is 2.00 bits per heavy atom. The number of nitrogens with two attached hydrogens (primary N) is 1. The Hall–Kier alpha value is -1.59. The summed E-state index contributed by atoms with van der Waals surface area (Å²) in [6, 6.07) is 10.2. The quantitative estimate of drug-likeness (QED) is 0.710. The first-order valence-corrected chi connectivity index (χ1v) is 7.85. The standard InChI is InChI=1S/C14H15N3S2/c1-2-10-4-5-11(18-10)8-16-14-17-12-6-3-9(15)7-13(12)19-14/h3-7H,2,8,15H2,1H3,(H,16,17). The van der Waals surface area contributed by atoms with Crippen LogP contribution in [-0.2, 0) is 13.0 Å². The maximum Gasteiger partial charge on any atom is 0.184 e. The molecular formula is C14H15N3S2. The fraction of sp³-hybridized carbons (Fsp3) is 0.214. The molecule has 3 rings (SSSR count). The summed E-state index contributed by atoms with van der Waals surface area (Å²) in [5.74, 6) is 0. The summed E-state index contributed by atoms with van der Waals surface area (Å²) in [5.41, 5.74) is 7.56. The van der Waals surface area contributed by atoms with Crippen molar-refractivity contribution in [2.75, 3.05) is 11.1 Å². The highest BCUT2D eigenvalue weighted by atomic mass is 32.1. The normalized spacial score (nSPS) is 11.0. The molecule has 0 aliphatic heterocycles. The van der Waals surface area contributed by atoms with Crippen LogP contribution in [0.5, 0.6) is 0 Å². The fourth-order valence-corrected chi connectivity index (χ4v) is 3.69. The number of aryl methyl sites for hydroxylation is 1. The van der Waals surface area contributed by atoms with Crippen LogP contribution in [0.25, 0.3) is 10.2 Å². The Bertz CT molecular complexity index is 700. The second-order valence-electron chi connectivity index (χ2n) is 4.32. The van der Waals surface area contributed by atoms with Gasteiger partial charge in [0.15, 0.2) is 5.13 Å². The zero-order valence-corrected chi connectivity index (χ0v) is 12.3. The summed E-state index contributed by atoms with van der Waals surface area (Å²) in [4.78, 5) is 7.32. The van der Waals surface area contributed by atoms with Gasteiger partial charge in [0.25, 0.3) is 0 Å². The number of rotatable bonds is 4. The topological polar surface area (TPSA) is 50.9 Å². The van der Waals surface area contributed by atoms with Crippen molar-refractivity contribution in [3.8, 4) is 0 Å². The van der Waals surface area contributed by atoms with E-state index in [9.17, 15) is 0 Å². The lowest BCUT2D eigenvalue weighted by atomic mass is 10.3. The molecule has 0 spiro atoms. The highest BCUT2D eigenvalue weighted by molar-refractivity contribution is 7.22. The van der Waals surface area contributed by atoms with Gasteiger partial charge < -0.3 is 11.1 Å². The Labute approximate surface area is 120 Å². The third-order valence-electron chi connectivity index (χ3n) is 2.89. The Morgan fingerprint density at radius 3 is 2.79 bits per heavy atom. The Balaban J connectivity index is 1.74. The minimum atomic E-state index is 0.786. The van der Waals surface area contributed by atoms with Gasteiger partial charge in [0.1, 0.15) is 0 Å². The lowest BCUT2D eigenvalue weighted by Crippen LogP contribution is -1.95. The average molecular weight is 289 g/mol. The van der Waals surface area contributed by atoms with Crippen LogP contribution in [-0.4, -0.2) is 4.98 Å². The minimum absolute atomic E-state index is 0.786. The molecule has 0 atom stereocenters. The van der Waals surface area contributed by atoms with E-state index >= 15 is 0 Å². The van der Waals surface area contributed by atoms with Crippen molar-refractivity contribution < 1.29 is 0 Å². The van der Waals surface area contributed by atoms with Crippen molar-refractivity contribution in [3.05, 3.63) is 40.1 Å². The van der Waals surface area contributed by atoms with E-state index in [1.165, 1.54) is 9.75 Å². The summed E-state index contributed by atoms with van der Waals surface area (Å²) in [6.07, 6.45) is 1.10. The number of nitrogens with one attached hydrogen (secondary N) is 1. The van der Waals surface area contributed by atoms with Gasteiger partial charge in [-0.1, -0.05) is 18.3 Å². The van der Waals surface area contributed by atoms with Gasteiger partial charge in [0.2, 0.25) is 0 Å². The summed E-state index contributed by atoms with van der Waals surface area (Å²) in [5, 5.41) is 4.34. The van der Waals surface area contributed by atoms with E-state index in [1.807, 2.05) is 29.5 Å².